The van der Waals surface area contributed by atoms with Gasteiger partial charge in [-0.15, -0.1) is 0 Å². The summed E-state index contributed by atoms with van der Waals surface area (Å²) in [6.45, 7) is 6.60. The third kappa shape index (κ3) is 6.79. The molecule has 0 spiro atoms. The van der Waals surface area contributed by atoms with Crippen LogP contribution >= 0.6 is 0 Å². The lowest BCUT2D eigenvalue weighted by Crippen LogP contribution is -2.26. The Hall–Kier alpha value is -2.80. The molecule has 0 aromatic carbocycles. The summed E-state index contributed by atoms with van der Waals surface area (Å²) in [5.41, 5.74) is 2.35. The molecule has 144 valence electrons. The summed E-state index contributed by atoms with van der Waals surface area (Å²) in [6, 6.07) is 5.21. The highest BCUT2D eigenvalue weighted by atomic mass is 16.6. The number of rotatable bonds is 7. The zero-order valence-corrected chi connectivity index (χ0v) is 16.1. The largest absolute Gasteiger partial charge is 0.465 e. The Morgan fingerprint density at radius 3 is 2.67 bits per heavy atom. The Bertz CT molecular complexity index is 800. The second kappa shape index (κ2) is 9.23. The molecule has 0 radical (unpaired) electrons. The molecule has 2 heterocycles. The van der Waals surface area contributed by atoms with Crippen molar-refractivity contribution in [3.8, 4) is 11.3 Å². The van der Waals surface area contributed by atoms with Gasteiger partial charge in [0.05, 0.1) is 24.8 Å². The van der Waals surface area contributed by atoms with Crippen LogP contribution in [0.1, 0.15) is 43.1 Å². The maximum absolute atomic E-state index is 11.7. The molecule has 2 aromatic heterocycles. The lowest BCUT2D eigenvalue weighted by Gasteiger charge is -2.19. The molecule has 7 nitrogen and oxygen atoms in total. The van der Waals surface area contributed by atoms with Crippen molar-refractivity contribution in [1.29, 1.82) is 0 Å². The molecule has 0 saturated heterocycles. The van der Waals surface area contributed by atoms with E-state index in [0.29, 0.717) is 30.8 Å². The summed E-state index contributed by atoms with van der Waals surface area (Å²) in [5.74, 6) is -0.641. The fraction of sp³-hybridized carbons (Fsp3) is 0.400. The predicted molar refractivity (Wildman–Crippen MR) is 101 cm³/mol. The normalized spacial score (nSPS) is 11.1. The number of aromatic nitrogens is 2. The second-order valence-electron chi connectivity index (χ2n) is 7.02. The summed E-state index contributed by atoms with van der Waals surface area (Å²) in [5, 5.41) is 3.20. The van der Waals surface area contributed by atoms with E-state index in [-0.39, 0.29) is 5.97 Å². The summed E-state index contributed by atoms with van der Waals surface area (Å²) in [6.07, 6.45) is 5.29. The lowest BCUT2D eigenvalue weighted by molar-refractivity contribution is -0.154. The van der Waals surface area contributed by atoms with Gasteiger partial charge in [0.25, 0.3) is 0 Å². The Morgan fingerprint density at radius 2 is 1.96 bits per heavy atom. The van der Waals surface area contributed by atoms with Crippen LogP contribution in [-0.4, -0.2) is 41.2 Å². The Morgan fingerprint density at radius 1 is 1.19 bits per heavy atom. The van der Waals surface area contributed by atoms with Crippen molar-refractivity contribution in [3.63, 3.8) is 0 Å². The molecule has 0 fully saturated rings. The third-order valence-corrected chi connectivity index (χ3v) is 3.53. The number of esters is 2. The van der Waals surface area contributed by atoms with Crippen LogP contribution in [0.3, 0.4) is 0 Å². The van der Waals surface area contributed by atoms with Gasteiger partial charge in [-0.2, -0.15) is 0 Å². The first kappa shape index (κ1) is 20.5. The predicted octanol–water partition coefficient (Wildman–Crippen LogP) is 2.75. The highest BCUT2D eigenvalue weighted by molar-refractivity contribution is 5.90. The van der Waals surface area contributed by atoms with Gasteiger partial charge in [-0.1, -0.05) is 0 Å². The van der Waals surface area contributed by atoms with Crippen LogP contribution in [0.15, 0.2) is 36.8 Å². The number of methoxy groups -OCH3 is 1. The molecular formula is C20H25N3O4. The van der Waals surface area contributed by atoms with Gasteiger partial charge in [-0.3, -0.25) is 14.8 Å². The fourth-order valence-electron chi connectivity index (χ4n) is 2.37. The number of carbonyl (C=O) groups excluding carboxylic acids is 2. The lowest BCUT2D eigenvalue weighted by atomic mass is 10.1. The number of hydrogen-bond donors (Lipinski definition) is 1. The standard InChI is InChI=1S/C20H25N3O4/c1-20(2,3)27-18(24)6-7-21-11-14-9-16(13-22-12-14)17-10-15(5-8-23-17)19(25)26-4/h5,8-10,12-13,21H,6-7,11H2,1-4H3. The van der Waals surface area contributed by atoms with Crippen molar-refractivity contribution < 1.29 is 19.1 Å². The van der Waals surface area contributed by atoms with Crippen molar-refractivity contribution in [2.75, 3.05) is 13.7 Å². The quantitative estimate of drug-likeness (QED) is 0.591. The number of nitrogens with zero attached hydrogens (tertiary/aromatic N) is 2. The maximum Gasteiger partial charge on any atom is 0.337 e. The highest BCUT2D eigenvalue weighted by Crippen LogP contribution is 2.18. The van der Waals surface area contributed by atoms with Crippen LogP contribution in [0.5, 0.6) is 0 Å². The van der Waals surface area contributed by atoms with E-state index in [1.165, 1.54) is 7.11 Å². The van der Waals surface area contributed by atoms with Gasteiger partial charge < -0.3 is 14.8 Å². The Balaban J connectivity index is 1.94. The third-order valence-electron chi connectivity index (χ3n) is 3.53. The number of hydrogen-bond acceptors (Lipinski definition) is 7. The number of carbonyl (C=O) groups is 2. The number of nitrogens with one attached hydrogen (secondary N) is 1. The van der Waals surface area contributed by atoms with Gasteiger partial charge in [0.2, 0.25) is 0 Å². The van der Waals surface area contributed by atoms with Crippen molar-refractivity contribution in [2.45, 2.75) is 39.3 Å². The van der Waals surface area contributed by atoms with E-state index in [2.05, 4.69) is 15.3 Å². The maximum atomic E-state index is 11.7. The molecular weight excluding hydrogens is 346 g/mol. The first-order valence-corrected chi connectivity index (χ1v) is 8.70. The molecule has 0 amide bonds. The Labute approximate surface area is 159 Å². The molecule has 0 aliphatic rings. The van der Waals surface area contributed by atoms with Crippen molar-refractivity contribution in [3.05, 3.63) is 47.9 Å². The van der Waals surface area contributed by atoms with Crippen LogP contribution in [0.2, 0.25) is 0 Å². The molecule has 0 saturated carbocycles. The summed E-state index contributed by atoms with van der Waals surface area (Å²) < 4.78 is 10.0. The summed E-state index contributed by atoms with van der Waals surface area (Å²) in [7, 11) is 1.34. The van der Waals surface area contributed by atoms with Crippen LogP contribution in [0.4, 0.5) is 0 Å². The van der Waals surface area contributed by atoms with E-state index >= 15 is 0 Å². The summed E-state index contributed by atoms with van der Waals surface area (Å²) >= 11 is 0. The minimum absolute atomic E-state index is 0.231. The molecule has 2 rings (SSSR count). The minimum atomic E-state index is -0.471. The molecule has 0 aliphatic heterocycles. The molecule has 2 aromatic rings. The number of ether oxygens (including phenoxy) is 2. The number of pyridine rings is 2. The van der Waals surface area contributed by atoms with Gasteiger partial charge in [-0.25, -0.2) is 4.79 Å². The van der Waals surface area contributed by atoms with Crippen LogP contribution in [0.25, 0.3) is 11.3 Å². The zero-order valence-electron chi connectivity index (χ0n) is 16.1. The van der Waals surface area contributed by atoms with E-state index < -0.39 is 11.6 Å². The fourth-order valence-corrected chi connectivity index (χ4v) is 2.37. The van der Waals surface area contributed by atoms with Crippen LogP contribution < -0.4 is 5.32 Å². The van der Waals surface area contributed by atoms with Gasteiger partial charge in [0.1, 0.15) is 5.60 Å². The molecule has 0 bridgehead atoms. The van der Waals surface area contributed by atoms with E-state index in [1.807, 2.05) is 26.8 Å². The minimum Gasteiger partial charge on any atom is -0.465 e. The topological polar surface area (TPSA) is 90.4 Å². The molecule has 0 aliphatic carbocycles. The van der Waals surface area contributed by atoms with E-state index in [9.17, 15) is 9.59 Å². The highest BCUT2D eigenvalue weighted by Gasteiger charge is 2.15. The Kier molecular flexibility index (Phi) is 7.01. The van der Waals surface area contributed by atoms with Gasteiger partial charge in [-0.05, 0) is 44.5 Å². The van der Waals surface area contributed by atoms with E-state index in [1.54, 1.807) is 30.7 Å². The molecule has 27 heavy (non-hydrogen) atoms. The average Bonchev–Trinajstić information content (AvgIpc) is 2.63. The summed E-state index contributed by atoms with van der Waals surface area (Å²) in [4.78, 5) is 31.9. The molecule has 1 N–H and O–H groups in total. The van der Waals surface area contributed by atoms with Gasteiger partial charge >= 0.3 is 11.9 Å². The van der Waals surface area contributed by atoms with E-state index in [4.69, 9.17) is 9.47 Å². The van der Waals surface area contributed by atoms with Crippen molar-refractivity contribution in [2.24, 2.45) is 0 Å². The monoisotopic (exact) mass is 371 g/mol. The van der Waals surface area contributed by atoms with E-state index in [0.717, 1.165) is 11.1 Å². The van der Waals surface area contributed by atoms with Gasteiger partial charge in [0, 0.05) is 37.2 Å². The van der Waals surface area contributed by atoms with Gasteiger partial charge in [0.15, 0.2) is 0 Å². The average molecular weight is 371 g/mol. The smallest absolute Gasteiger partial charge is 0.337 e. The van der Waals surface area contributed by atoms with Crippen molar-refractivity contribution in [1.82, 2.24) is 15.3 Å². The second-order valence-corrected chi connectivity index (χ2v) is 7.02. The molecule has 0 atom stereocenters. The van der Waals surface area contributed by atoms with Crippen molar-refractivity contribution >= 4 is 11.9 Å². The molecule has 0 unspecified atom stereocenters. The molecule has 7 heteroatoms. The SMILES string of the molecule is COC(=O)c1ccnc(-c2cncc(CNCCC(=O)OC(C)(C)C)c2)c1. The first-order valence-electron chi connectivity index (χ1n) is 8.70. The first-order chi connectivity index (χ1) is 12.8. The van der Waals surface area contributed by atoms with Crippen LogP contribution in [0, 0.1) is 0 Å². The van der Waals surface area contributed by atoms with Crippen LogP contribution in [-0.2, 0) is 20.8 Å². The zero-order chi connectivity index (χ0) is 19.9.